The first-order valence-corrected chi connectivity index (χ1v) is 12.0. The number of aromatic amines is 1. The highest BCUT2D eigenvalue weighted by atomic mass is 19.1. The van der Waals surface area contributed by atoms with E-state index in [1.165, 1.54) is 6.07 Å². The van der Waals surface area contributed by atoms with Crippen LogP contribution in [0.1, 0.15) is 38.3 Å². The summed E-state index contributed by atoms with van der Waals surface area (Å²) in [4.78, 5) is 34.6. The van der Waals surface area contributed by atoms with Gasteiger partial charge in [-0.3, -0.25) is 14.6 Å². The Kier molecular flexibility index (Phi) is 6.83. The highest BCUT2D eigenvalue weighted by molar-refractivity contribution is 5.98. The summed E-state index contributed by atoms with van der Waals surface area (Å²) < 4.78 is 20.1. The van der Waals surface area contributed by atoms with Crippen molar-refractivity contribution in [1.82, 2.24) is 14.9 Å². The van der Waals surface area contributed by atoms with Gasteiger partial charge in [-0.1, -0.05) is 29.8 Å². The SMILES string of the molecule is Cc1ccc(F)c(CC(=O)c2cccc(Oc3ccnc(-c4cc(C(=O)N5CC[C@H](O)C5)c[nH]4)c3)c2)c1. The van der Waals surface area contributed by atoms with E-state index in [2.05, 4.69) is 9.97 Å². The van der Waals surface area contributed by atoms with Gasteiger partial charge in [0.15, 0.2) is 5.78 Å². The number of carbonyl (C=O) groups excluding carboxylic acids is 2. The molecule has 0 bridgehead atoms. The number of nitrogens with zero attached hydrogens (tertiary/aromatic N) is 2. The zero-order valence-corrected chi connectivity index (χ0v) is 20.3. The molecule has 2 aromatic heterocycles. The zero-order valence-electron chi connectivity index (χ0n) is 20.3. The monoisotopic (exact) mass is 499 g/mol. The number of halogens is 1. The predicted molar refractivity (Wildman–Crippen MR) is 136 cm³/mol. The molecule has 0 radical (unpaired) electrons. The lowest BCUT2D eigenvalue weighted by molar-refractivity contribution is 0.0765. The number of amides is 1. The quantitative estimate of drug-likeness (QED) is 0.351. The van der Waals surface area contributed by atoms with Gasteiger partial charge >= 0.3 is 0 Å². The number of hydrogen-bond acceptors (Lipinski definition) is 5. The van der Waals surface area contributed by atoms with Crippen LogP contribution in [0.4, 0.5) is 4.39 Å². The summed E-state index contributed by atoms with van der Waals surface area (Å²) in [6, 6.07) is 16.6. The van der Waals surface area contributed by atoms with E-state index >= 15 is 0 Å². The Hall–Kier alpha value is -4.30. The Bertz CT molecular complexity index is 1470. The van der Waals surface area contributed by atoms with Crippen LogP contribution in [-0.2, 0) is 6.42 Å². The van der Waals surface area contributed by atoms with E-state index in [0.717, 1.165) is 5.56 Å². The molecule has 1 atom stereocenters. The van der Waals surface area contributed by atoms with Crippen molar-refractivity contribution in [1.29, 1.82) is 0 Å². The van der Waals surface area contributed by atoms with Crippen LogP contribution >= 0.6 is 0 Å². The summed E-state index contributed by atoms with van der Waals surface area (Å²) in [5, 5.41) is 9.71. The van der Waals surface area contributed by atoms with Crippen LogP contribution in [0.25, 0.3) is 11.4 Å². The first kappa shape index (κ1) is 24.4. The molecular weight excluding hydrogens is 473 g/mol. The number of aromatic nitrogens is 2. The summed E-state index contributed by atoms with van der Waals surface area (Å²) in [5.41, 5.74) is 3.40. The fourth-order valence-corrected chi connectivity index (χ4v) is 4.38. The molecule has 0 aliphatic carbocycles. The van der Waals surface area contributed by atoms with Crippen molar-refractivity contribution in [3.63, 3.8) is 0 Å². The van der Waals surface area contributed by atoms with Crippen LogP contribution in [0, 0.1) is 12.7 Å². The van der Waals surface area contributed by atoms with Crippen LogP contribution in [0.3, 0.4) is 0 Å². The van der Waals surface area contributed by atoms with Crippen LogP contribution in [0.15, 0.2) is 73.1 Å². The second-order valence-electron chi connectivity index (χ2n) is 9.20. The maximum Gasteiger partial charge on any atom is 0.255 e. The maximum absolute atomic E-state index is 14.1. The third kappa shape index (κ3) is 5.59. The Morgan fingerprint density at radius 2 is 1.95 bits per heavy atom. The number of Topliss-reactive ketones (excluding diaryl/α,β-unsaturated/α-hetero) is 1. The predicted octanol–water partition coefficient (Wildman–Crippen LogP) is 4.95. The average Bonchev–Trinajstić information content (AvgIpc) is 3.56. The lowest BCUT2D eigenvalue weighted by Crippen LogP contribution is -2.29. The first-order chi connectivity index (χ1) is 17.9. The van der Waals surface area contributed by atoms with E-state index < -0.39 is 11.9 Å². The third-order valence-corrected chi connectivity index (χ3v) is 6.33. The molecule has 2 N–H and O–H groups in total. The molecule has 37 heavy (non-hydrogen) atoms. The number of likely N-dealkylation sites (tertiary alicyclic amines) is 1. The van der Waals surface area contributed by atoms with Gasteiger partial charge in [-0.25, -0.2) is 4.39 Å². The Labute approximate surface area is 213 Å². The summed E-state index contributed by atoms with van der Waals surface area (Å²) in [6.07, 6.45) is 3.29. The molecule has 1 aliphatic heterocycles. The minimum atomic E-state index is -0.477. The van der Waals surface area contributed by atoms with E-state index in [1.807, 2.05) is 6.92 Å². The third-order valence-electron chi connectivity index (χ3n) is 6.33. The smallest absolute Gasteiger partial charge is 0.255 e. The van der Waals surface area contributed by atoms with Crippen molar-refractivity contribution in [2.75, 3.05) is 13.1 Å². The number of hydrogen-bond donors (Lipinski definition) is 2. The van der Waals surface area contributed by atoms with Crippen molar-refractivity contribution in [3.8, 4) is 22.9 Å². The maximum atomic E-state index is 14.1. The minimum absolute atomic E-state index is 0.0410. The van der Waals surface area contributed by atoms with Gasteiger partial charge in [0.05, 0.1) is 23.1 Å². The van der Waals surface area contributed by atoms with E-state index in [0.29, 0.717) is 59.1 Å². The van der Waals surface area contributed by atoms with E-state index in [9.17, 15) is 19.1 Å². The van der Waals surface area contributed by atoms with Gasteiger partial charge < -0.3 is 19.7 Å². The highest BCUT2D eigenvalue weighted by Gasteiger charge is 2.26. The number of pyridine rings is 1. The van der Waals surface area contributed by atoms with Crippen molar-refractivity contribution < 1.29 is 23.8 Å². The summed E-state index contributed by atoms with van der Waals surface area (Å²) in [5.74, 6) is 0.216. The largest absolute Gasteiger partial charge is 0.457 e. The number of ether oxygens (including phenoxy) is 1. The van der Waals surface area contributed by atoms with Crippen LogP contribution < -0.4 is 4.74 Å². The number of aliphatic hydroxyl groups excluding tert-OH is 1. The van der Waals surface area contributed by atoms with Gasteiger partial charge in [-0.05, 0) is 49.2 Å². The molecular formula is C29H26FN3O4. The Morgan fingerprint density at radius 3 is 2.76 bits per heavy atom. The number of rotatable bonds is 7. The molecule has 0 spiro atoms. The van der Waals surface area contributed by atoms with Gasteiger partial charge in [0.2, 0.25) is 0 Å². The molecule has 188 valence electrons. The summed E-state index contributed by atoms with van der Waals surface area (Å²) in [7, 11) is 0. The fraction of sp³-hybridized carbons (Fsp3) is 0.207. The molecule has 1 saturated heterocycles. The number of carbonyl (C=O) groups is 2. The average molecular weight is 500 g/mol. The molecule has 0 saturated carbocycles. The molecule has 1 fully saturated rings. The second-order valence-corrected chi connectivity index (χ2v) is 9.20. The first-order valence-electron chi connectivity index (χ1n) is 12.0. The van der Waals surface area contributed by atoms with E-state index in [4.69, 9.17) is 4.74 Å². The van der Waals surface area contributed by atoms with Crippen molar-refractivity contribution in [2.24, 2.45) is 0 Å². The summed E-state index contributed by atoms with van der Waals surface area (Å²) in [6.45, 7) is 2.72. The number of aryl methyl sites for hydroxylation is 1. The molecule has 5 rings (SSSR count). The normalized spacial score (nSPS) is 15.1. The molecule has 7 nitrogen and oxygen atoms in total. The number of nitrogens with one attached hydrogen (secondary N) is 1. The standard InChI is InChI=1S/C29H26FN3O4/c1-18-5-6-25(30)20(11-18)14-28(35)19-3-2-4-23(12-19)37-24-7-9-31-27(15-24)26-13-21(16-32-26)29(36)33-10-8-22(34)17-33/h2-7,9,11-13,15-16,22,32,34H,8,10,14,17H2,1H3/t22-/m0/s1. The van der Waals surface area contributed by atoms with Crippen LogP contribution in [0.2, 0.25) is 0 Å². The number of aliphatic hydroxyl groups is 1. The zero-order chi connectivity index (χ0) is 25.9. The number of benzene rings is 2. The van der Waals surface area contributed by atoms with E-state index in [1.54, 1.807) is 71.9 Å². The molecule has 3 heterocycles. The van der Waals surface area contributed by atoms with Gasteiger partial charge in [-0.2, -0.15) is 0 Å². The van der Waals surface area contributed by atoms with Gasteiger partial charge in [0.25, 0.3) is 5.91 Å². The van der Waals surface area contributed by atoms with E-state index in [-0.39, 0.29) is 18.1 Å². The van der Waals surface area contributed by atoms with Crippen LogP contribution in [-0.4, -0.2) is 50.9 Å². The van der Waals surface area contributed by atoms with Crippen LogP contribution in [0.5, 0.6) is 11.5 Å². The van der Waals surface area contributed by atoms with Gasteiger partial charge in [0, 0.05) is 43.5 Å². The van der Waals surface area contributed by atoms with Crippen molar-refractivity contribution in [2.45, 2.75) is 25.9 Å². The van der Waals surface area contributed by atoms with Crippen molar-refractivity contribution >= 4 is 11.7 Å². The topological polar surface area (TPSA) is 95.5 Å². The molecule has 2 aromatic carbocycles. The van der Waals surface area contributed by atoms with Crippen molar-refractivity contribution in [3.05, 3.63) is 101 Å². The second kappa shape index (κ2) is 10.4. The summed E-state index contributed by atoms with van der Waals surface area (Å²) >= 11 is 0. The fourth-order valence-electron chi connectivity index (χ4n) is 4.38. The number of H-pyrrole nitrogens is 1. The minimum Gasteiger partial charge on any atom is -0.457 e. The molecule has 0 unspecified atom stereocenters. The lowest BCUT2D eigenvalue weighted by atomic mass is 10.0. The van der Waals surface area contributed by atoms with Gasteiger partial charge in [0.1, 0.15) is 17.3 Å². The number of β-amino-alcohol motifs (C(OH)–C–C–N with tert-alkyl or cyclic N) is 1. The molecule has 1 aliphatic rings. The van der Waals surface area contributed by atoms with Gasteiger partial charge in [-0.15, -0.1) is 0 Å². The highest BCUT2D eigenvalue weighted by Crippen LogP contribution is 2.27. The molecule has 4 aromatic rings. The Balaban J connectivity index is 1.29. The lowest BCUT2D eigenvalue weighted by Gasteiger charge is -2.13. The number of ketones is 1. The molecule has 8 heteroatoms. The Morgan fingerprint density at radius 1 is 1.11 bits per heavy atom. The molecule has 1 amide bonds.